The zero-order valence-corrected chi connectivity index (χ0v) is 7.29. The Bertz CT molecular complexity index is 136. The molecule has 1 atom stereocenters. The molecular formula is C8H16N2O. The molecule has 0 bridgehead atoms. The molecule has 0 aliphatic carbocycles. The Morgan fingerprint density at radius 2 is 2.55 bits per heavy atom. The lowest BCUT2D eigenvalue weighted by molar-refractivity contribution is 0.111. The van der Waals surface area contributed by atoms with Gasteiger partial charge in [0, 0.05) is 18.7 Å². The van der Waals surface area contributed by atoms with Crippen molar-refractivity contribution in [2.45, 2.75) is 13.3 Å². The summed E-state index contributed by atoms with van der Waals surface area (Å²) in [7, 11) is 2.14. The predicted molar refractivity (Wildman–Crippen MR) is 45.7 cm³/mol. The number of hydrogen-bond donors (Lipinski definition) is 0. The molecule has 0 aromatic rings. The van der Waals surface area contributed by atoms with Crippen LogP contribution in [0.25, 0.3) is 0 Å². The van der Waals surface area contributed by atoms with Crippen LogP contribution in [0, 0.1) is 5.92 Å². The average Bonchev–Trinajstić information content (AvgIpc) is 2.37. The Labute approximate surface area is 68.0 Å². The average molecular weight is 156 g/mol. The highest BCUT2D eigenvalue weighted by Crippen LogP contribution is 2.13. The number of hydrogen-bond acceptors (Lipinski definition) is 3. The SMILES string of the molecule is CC=NOCC1CCN(C)C1. The first-order valence-corrected chi connectivity index (χ1v) is 4.11. The van der Waals surface area contributed by atoms with E-state index < -0.39 is 0 Å². The molecular weight excluding hydrogens is 140 g/mol. The van der Waals surface area contributed by atoms with Crippen LogP contribution in [0.5, 0.6) is 0 Å². The molecule has 3 nitrogen and oxygen atoms in total. The van der Waals surface area contributed by atoms with Gasteiger partial charge in [-0.3, -0.25) is 0 Å². The van der Waals surface area contributed by atoms with Gasteiger partial charge in [-0.15, -0.1) is 0 Å². The van der Waals surface area contributed by atoms with E-state index in [2.05, 4.69) is 17.1 Å². The lowest BCUT2D eigenvalue weighted by atomic mass is 10.1. The van der Waals surface area contributed by atoms with Gasteiger partial charge in [0.05, 0.1) is 0 Å². The Kier molecular flexibility index (Phi) is 3.36. The van der Waals surface area contributed by atoms with E-state index in [0.29, 0.717) is 5.92 Å². The van der Waals surface area contributed by atoms with E-state index in [1.165, 1.54) is 13.0 Å². The first-order valence-electron chi connectivity index (χ1n) is 4.11. The van der Waals surface area contributed by atoms with Crippen molar-refractivity contribution in [1.82, 2.24) is 4.90 Å². The van der Waals surface area contributed by atoms with Gasteiger partial charge in [0.15, 0.2) is 0 Å². The molecule has 0 N–H and O–H groups in total. The molecule has 0 saturated carbocycles. The summed E-state index contributed by atoms with van der Waals surface area (Å²) in [6.45, 7) is 4.98. The largest absolute Gasteiger partial charge is 0.396 e. The van der Waals surface area contributed by atoms with Crippen molar-refractivity contribution in [3.05, 3.63) is 0 Å². The maximum atomic E-state index is 5.06. The normalized spacial score (nSPS) is 26.5. The van der Waals surface area contributed by atoms with Gasteiger partial charge in [0.1, 0.15) is 6.61 Å². The zero-order chi connectivity index (χ0) is 8.10. The second-order valence-electron chi connectivity index (χ2n) is 3.08. The number of oxime groups is 1. The van der Waals surface area contributed by atoms with Gasteiger partial charge >= 0.3 is 0 Å². The third kappa shape index (κ3) is 2.89. The third-order valence-electron chi connectivity index (χ3n) is 1.98. The maximum absolute atomic E-state index is 5.06. The number of nitrogens with zero attached hydrogens (tertiary/aromatic N) is 2. The first kappa shape index (κ1) is 8.53. The van der Waals surface area contributed by atoms with Crippen LogP contribution in [0.4, 0.5) is 0 Å². The van der Waals surface area contributed by atoms with Gasteiger partial charge in [-0.1, -0.05) is 5.16 Å². The predicted octanol–water partition coefficient (Wildman–Crippen LogP) is 0.960. The molecule has 1 aliphatic heterocycles. The Balaban J connectivity index is 2.08. The van der Waals surface area contributed by atoms with Gasteiger partial charge < -0.3 is 9.74 Å². The maximum Gasteiger partial charge on any atom is 0.121 e. The van der Waals surface area contributed by atoms with Crippen molar-refractivity contribution in [1.29, 1.82) is 0 Å². The molecule has 64 valence electrons. The fraction of sp³-hybridized carbons (Fsp3) is 0.875. The van der Waals surface area contributed by atoms with E-state index in [4.69, 9.17) is 4.84 Å². The van der Waals surface area contributed by atoms with E-state index in [1.54, 1.807) is 6.21 Å². The summed E-state index contributed by atoms with van der Waals surface area (Å²) in [5.74, 6) is 0.684. The van der Waals surface area contributed by atoms with E-state index >= 15 is 0 Å². The number of likely N-dealkylation sites (tertiary alicyclic amines) is 1. The van der Waals surface area contributed by atoms with Crippen LogP contribution in [0.3, 0.4) is 0 Å². The topological polar surface area (TPSA) is 24.8 Å². The molecule has 1 aliphatic rings. The lowest BCUT2D eigenvalue weighted by Gasteiger charge is -2.07. The van der Waals surface area contributed by atoms with Crippen LogP contribution in [0.15, 0.2) is 5.16 Å². The smallest absolute Gasteiger partial charge is 0.121 e. The van der Waals surface area contributed by atoms with Gasteiger partial charge in [-0.05, 0) is 26.9 Å². The van der Waals surface area contributed by atoms with Crippen LogP contribution < -0.4 is 0 Å². The van der Waals surface area contributed by atoms with Crippen LogP contribution in [-0.2, 0) is 4.84 Å². The molecule has 0 amide bonds. The summed E-state index contributed by atoms with van der Waals surface area (Å²) in [5.41, 5.74) is 0. The molecule has 3 heteroatoms. The van der Waals surface area contributed by atoms with Crippen LogP contribution in [-0.4, -0.2) is 37.9 Å². The monoisotopic (exact) mass is 156 g/mol. The van der Waals surface area contributed by atoms with Crippen molar-refractivity contribution < 1.29 is 4.84 Å². The summed E-state index contributed by atoms with van der Waals surface area (Å²) in [6, 6.07) is 0. The molecule has 0 aromatic heterocycles. The Morgan fingerprint density at radius 3 is 3.09 bits per heavy atom. The van der Waals surface area contributed by atoms with Gasteiger partial charge in [0.2, 0.25) is 0 Å². The van der Waals surface area contributed by atoms with Crippen LogP contribution >= 0.6 is 0 Å². The molecule has 1 fully saturated rings. The second-order valence-corrected chi connectivity index (χ2v) is 3.08. The molecule has 1 heterocycles. The third-order valence-corrected chi connectivity index (χ3v) is 1.98. The molecule has 11 heavy (non-hydrogen) atoms. The minimum absolute atomic E-state index is 0.684. The highest BCUT2D eigenvalue weighted by atomic mass is 16.6. The van der Waals surface area contributed by atoms with E-state index in [9.17, 15) is 0 Å². The highest BCUT2D eigenvalue weighted by Gasteiger charge is 2.19. The van der Waals surface area contributed by atoms with E-state index in [1.807, 2.05) is 6.92 Å². The van der Waals surface area contributed by atoms with Crippen molar-refractivity contribution in [3.8, 4) is 0 Å². The standard InChI is InChI=1S/C8H16N2O/c1-3-9-11-7-8-4-5-10(2)6-8/h3,8H,4-7H2,1-2H3. The Hall–Kier alpha value is -0.570. The van der Waals surface area contributed by atoms with Crippen LogP contribution in [0.2, 0.25) is 0 Å². The van der Waals surface area contributed by atoms with Gasteiger partial charge in [0.25, 0.3) is 0 Å². The van der Waals surface area contributed by atoms with Crippen LogP contribution in [0.1, 0.15) is 13.3 Å². The lowest BCUT2D eigenvalue weighted by Crippen LogP contribution is -2.16. The summed E-state index contributed by atoms with van der Waals surface area (Å²) in [4.78, 5) is 7.38. The summed E-state index contributed by atoms with van der Waals surface area (Å²) in [5, 5.41) is 3.72. The summed E-state index contributed by atoms with van der Waals surface area (Å²) >= 11 is 0. The van der Waals surface area contributed by atoms with Crippen molar-refractivity contribution in [3.63, 3.8) is 0 Å². The fourth-order valence-electron chi connectivity index (χ4n) is 1.39. The fourth-order valence-corrected chi connectivity index (χ4v) is 1.39. The van der Waals surface area contributed by atoms with Crippen molar-refractivity contribution in [2.75, 3.05) is 26.7 Å². The first-order chi connectivity index (χ1) is 5.33. The van der Waals surface area contributed by atoms with Gasteiger partial charge in [-0.2, -0.15) is 0 Å². The zero-order valence-electron chi connectivity index (χ0n) is 7.29. The minimum Gasteiger partial charge on any atom is -0.396 e. The summed E-state index contributed by atoms with van der Waals surface area (Å²) in [6.07, 6.45) is 2.92. The molecule has 0 spiro atoms. The van der Waals surface area contributed by atoms with E-state index in [0.717, 1.165) is 13.2 Å². The van der Waals surface area contributed by atoms with E-state index in [-0.39, 0.29) is 0 Å². The molecule has 1 rings (SSSR count). The van der Waals surface area contributed by atoms with Crippen molar-refractivity contribution >= 4 is 6.21 Å². The second kappa shape index (κ2) is 4.34. The molecule has 0 radical (unpaired) electrons. The summed E-state index contributed by atoms with van der Waals surface area (Å²) < 4.78 is 0. The van der Waals surface area contributed by atoms with Crippen molar-refractivity contribution in [2.24, 2.45) is 11.1 Å². The quantitative estimate of drug-likeness (QED) is 0.449. The Morgan fingerprint density at radius 1 is 1.73 bits per heavy atom. The van der Waals surface area contributed by atoms with Gasteiger partial charge in [-0.25, -0.2) is 0 Å². The molecule has 1 saturated heterocycles. The minimum atomic E-state index is 0.684. The molecule has 0 aromatic carbocycles. The number of rotatable bonds is 3. The molecule has 1 unspecified atom stereocenters. The highest BCUT2D eigenvalue weighted by molar-refractivity contribution is 5.52.